The van der Waals surface area contributed by atoms with Gasteiger partial charge in [0.05, 0.1) is 5.39 Å². The van der Waals surface area contributed by atoms with Crippen molar-refractivity contribution < 1.29 is 0 Å². The van der Waals surface area contributed by atoms with Crippen LogP contribution in [0.4, 0.5) is 0 Å². The molecular weight excluding hydrogens is 250 g/mol. The molecule has 2 aromatic rings. The smallest absolute Gasteiger partial charge is 0.329 e. The second-order valence-corrected chi connectivity index (χ2v) is 5.70. The third kappa shape index (κ3) is 1.64. The van der Waals surface area contributed by atoms with Crippen LogP contribution in [0.25, 0.3) is 10.2 Å². The van der Waals surface area contributed by atoms with Gasteiger partial charge in [0, 0.05) is 11.4 Å². The molecule has 0 saturated carbocycles. The molecule has 0 fully saturated rings. The van der Waals surface area contributed by atoms with Crippen molar-refractivity contribution in [2.45, 2.75) is 32.2 Å². The minimum Gasteiger partial charge on any atom is -0.330 e. The summed E-state index contributed by atoms with van der Waals surface area (Å²) in [6.45, 7) is 0.872. The van der Waals surface area contributed by atoms with Crippen molar-refractivity contribution in [3.05, 3.63) is 31.3 Å². The van der Waals surface area contributed by atoms with Crippen LogP contribution in [-0.2, 0) is 19.4 Å². The molecule has 2 aromatic heterocycles. The Hall–Kier alpha value is -1.40. The summed E-state index contributed by atoms with van der Waals surface area (Å²) in [5, 5.41) is 0.726. The monoisotopic (exact) mass is 265 g/mol. The summed E-state index contributed by atoms with van der Waals surface area (Å²) in [6, 6.07) is 0. The van der Waals surface area contributed by atoms with Gasteiger partial charge in [-0.3, -0.25) is 14.3 Å². The predicted octanol–water partition coefficient (Wildman–Crippen LogP) is 0.589. The van der Waals surface area contributed by atoms with Crippen LogP contribution in [0.3, 0.4) is 0 Å². The summed E-state index contributed by atoms with van der Waals surface area (Å²) >= 11 is 1.55. The van der Waals surface area contributed by atoms with E-state index in [1.54, 1.807) is 11.3 Å². The highest BCUT2D eigenvalue weighted by Crippen LogP contribution is 2.33. The van der Waals surface area contributed by atoms with E-state index in [0.717, 1.165) is 35.0 Å². The molecule has 96 valence electrons. The van der Waals surface area contributed by atoms with Crippen LogP contribution in [-0.4, -0.2) is 16.1 Å². The van der Waals surface area contributed by atoms with Crippen molar-refractivity contribution in [1.82, 2.24) is 9.55 Å². The maximum absolute atomic E-state index is 12.4. The fourth-order valence-electron chi connectivity index (χ4n) is 2.56. The molecule has 0 aromatic carbocycles. The number of hydrogen-bond donors (Lipinski definition) is 2. The minimum absolute atomic E-state index is 0.151. The standard InChI is InChI=1S/C12H15N3O2S/c13-5-2-6-15-11(16)9-7-3-1-4-8(7)18-10(9)14-12(15)17/h1-6,13H2,(H,14,17). The van der Waals surface area contributed by atoms with Crippen LogP contribution in [0.15, 0.2) is 9.59 Å². The number of H-pyrrole nitrogens is 1. The van der Waals surface area contributed by atoms with Gasteiger partial charge in [-0.2, -0.15) is 0 Å². The highest BCUT2D eigenvalue weighted by atomic mass is 32.1. The average Bonchev–Trinajstić information content (AvgIpc) is 2.88. The molecule has 0 aliphatic heterocycles. The number of nitrogens with two attached hydrogens (primary N) is 1. The zero-order valence-corrected chi connectivity index (χ0v) is 10.8. The first kappa shape index (κ1) is 11.7. The van der Waals surface area contributed by atoms with E-state index in [1.165, 1.54) is 9.44 Å². The molecular formula is C12H15N3O2S. The lowest BCUT2D eigenvalue weighted by molar-refractivity contribution is 0.603. The lowest BCUT2D eigenvalue weighted by Crippen LogP contribution is -2.35. The SMILES string of the molecule is NCCCn1c(=O)[nH]c2sc3c(c2c1=O)CCC3. The summed E-state index contributed by atoms with van der Waals surface area (Å²) in [5.74, 6) is 0. The summed E-state index contributed by atoms with van der Waals surface area (Å²) in [4.78, 5) is 29.1. The third-order valence-electron chi connectivity index (χ3n) is 3.43. The van der Waals surface area contributed by atoms with E-state index in [-0.39, 0.29) is 11.2 Å². The molecule has 0 saturated heterocycles. The molecule has 1 aliphatic rings. The first-order valence-corrected chi connectivity index (χ1v) is 7.01. The Morgan fingerprint density at radius 1 is 1.33 bits per heavy atom. The Morgan fingerprint density at radius 2 is 2.17 bits per heavy atom. The van der Waals surface area contributed by atoms with Gasteiger partial charge in [-0.15, -0.1) is 11.3 Å². The molecule has 0 atom stereocenters. The van der Waals surface area contributed by atoms with E-state index < -0.39 is 0 Å². The normalized spacial score (nSPS) is 14.3. The fraction of sp³-hybridized carbons (Fsp3) is 0.500. The second kappa shape index (κ2) is 4.37. The van der Waals surface area contributed by atoms with Crippen molar-refractivity contribution in [3.63, 3.8) is 0 Å². The van der Waals surface area contributed by atoms with E-state index in [0.29, 0.717) is 19.5 Å². The van der Waals surface area contributed by atoms with Crippen LogP contribution in [0.2, 0.25) is 0 Å². The van der Waals surface area contributed by atoms with E-state index in [1.807, 2.05) is 0 Å². The Kier molecular flexibility index (Phi) is 2.83. The number of aromatic amines is 1. The fourth-order valence-corrected chi connectivity index (χ4v) is 3.83. The van der Waals surface area contributed by atoms with E-state index in [2.05, 4.69) is 4.98 Å². The van der Waals surface area contributed by atoms with Crippen molar-refractivity contribution in [2.24, 2.45) is 5.73 Å². The Bertz CT molecular complexity index is 710. The van der Waals surface area contributed by atoms with Gasteiger partial charge in [0.15, 0.2) is 0 Å². The average molecular weight is 265 g/mol. The van der Waals surface area contributed by atoms with Crippen molar-refractivity contribution in [2.75, 3.05) is 6.54 Å². The summed E-state index contributed by atoms with van der Waals surface area (Å²) < 4.78 is 1.28. The molecule has 1 aliphatic carbocycles. The molecule has 2 heterocycles. The van der Waals surface area contributed by atoms with Gasteiger partial charge in [-0.25, -0.2) is 4.79 Å². The Morgan fingerprint density at radius 3 is 2.94 bits per heavy atom. The lowest BCUT2D eigenvalue weighted by atomic mass is 10.2. The van der Waals surface area contributed by atoms with Gasteiger partial charge in [-0.1, -0.05) is 0 Å². The van der Waals surface area contributed by atoms with Crippen molar-refractivity contribution in [3.8, 4) is 0 Å². The van der Waals surface area contributed by atoms with E-state index >= 15 is 0 Å². The Labute approximate surface area is 107 Å². The number of nitrogens with zero attached hydrogens (tertiary/aromatic N) is 1. The maximum atomic E-state index is 12.4. The van der Waals surface area contributed by atoms with Gasteiger partial charge in [0.1, 0.15) is 4.83 Å². The molecule has 0 spiro atoms. The number of aryl methyl sites for hydroxylation is 2. The van der Waals surface area contributed by atoms with Crippen LogP contribution in [0.1, 0.15) is 23.3 Å². The van der Waals surface area contributed by atoms with Crippen LogP contribution in [0.5, 0.6) is 0 Å². The number of thiophene rings is 1. The third-order valence-corrected chi connectivity index (χ3v) is 4.64. The molecule has 0 amide bonds. The van der Waals surface area contributed by atoms with Crippen LogP contribution < -0.4 is 17.0 Å². The molecule has 3 N–H and O–H groups in total. The number of fused-ring (bicyclic) bond motifs is 3. The zero-order chi connectivity index (χ0) is 12.7. The first-order chi connectivity index (χ1) is 8.72. The van der Waals surface area contributed by atoms with Gasteiger partial charge in [0.25, 0.3) is 5.56 Å². The molecule has 0 radical (unpaired) electrons. The van der Waals surface area contributed by atoms with Gasteiger partial charge < -0.3 is 5.73 Å². The highest BCUT2D eigenvalue weighted by Gasteiger charge is 2.21. The quantitative estimate of drug-likeness (QED) is 0.852. The van der Waals surface area contributed by atoms with Gasteiger partial charge in [-0.05, 0) is 37.8 Å². The number of nitrogens with one attached hydrogen (secondary N) is 1. The molecule has 6 heteroatoms. The Balaban J connectivity index is 2.26. The van der Waals surface area contributed by atoms with Crippen molar-refractivity contribution >= 4 is 21.6 Å². The maximum Gasteiger partial charge on any atom is 0.329 e. The molecule has 3 rings (SSSR count). The molecule has 18 heavy (non-hydrogen) atoms. The molecule has 0 unspecified atom stereocenters. The van der Waals surface area contributed by atoms with Crippen LogP contribution >= 0.6 is 11.3 Å². The zero-order valence-electron chi connectivity index (χ0n) is 9.99. The number of aromatic nitrogens is 2. The number of hydrogen-bond acceptors (Lipinski definition) is 4. The molecule has 0 bridgehead atoms. The molecule has 5 nitrogen and oxygen atoms in total. The summed E-state index contributed by atoms with van der Waals surface area (Å²) in [5.41, 5.74) is 6.11. The first-order valence-electron chi connectivity index (χ1n) is 6.20. The predicted molar refractivity (Wildman–Crippen MR) is 72.4 cm³/mol. The number of rotatable bonds is 3. The van der Waals surface area contributed by atoms with Crippen molar-refractivity contribution in [1.29, 1.82) is 0 Å². The summed E-state index contributed by atoms with van der Waals surface area (Å²) in [6.07, 6.45) is 3.73. The minimum atomic E-state index is -0.319. The largest absolute Gasteiger partial charge is 0.330 e. The summed E-state index contributed by atoms with van der Waals surface area (Å²) in [7, 11) is 0. The second-order valence-electron chi connectivity index (χ2n) is 4.59. The van der Waals surface area contributed by atoms with E-state index in [4.69, 9.17) is 5.73 Å². The highest BCUT2D eigenvalue weighted by molar-refractivity contribution is 7.18. The van der Waals surface area contributed by atoms with Gasteiger partial charge in [0.2, 0.25) is 0 Å². The van der Waals surface area contributed by atoms with E-state index in [9.17, 15) is 9.59 Å². The van der Waals surface area contributed by atoms with Crippen LogP contribution in [0, 0.1) is 0 Å². The van der Waals surface area contributed by atoms with Gasteiger partial charge >= 0.3 is 5.69 Å². The lowest BCUT2D eigenvalue weighted by Gasteiger charge is -2.03. The topological polar surface area (TPSA) is 80.9 Å².